The summed E-state index contributed by atoms with van der Waals surface area (Å²) in [6, 6.07) is 0.304. The molecule has 13 heavy (non-hydrogen) atoms. The maximum Gasteiger partial charge on any atom is 0.0741 e. The van der Waals surface area contributed by atoms with Crippen molar-refractivity contribution in [3.8, 4) is 0 Å². The summed E-state index contributed by atoms with van der Waals surface area (Å²) in [4.78, 5) is 0. The van der Waals surface area contributed by atoms with Crippen molar-refractivity contribution in [1.29, 1.82) is 0 Å². The van der Waals surface area contributed by atoms with Crippen LogP contribution in [0.5, 0.6) is 0 Å². The Balaban J connectivity index is 3.51. The van der Waals surface area contributed by atoms with Gasteiger partial charge in [0.25, 0.3) is 0 Å². The zero-order valence-electron chi connectivity index (χ0n) is 9.26. The third-order valence-electron chi connectivity index (χ3n) is 2.16. The van der Waals surface area contributed by atoms with E-state index in [1.165, 1.54) is 0 Å². The Morgan fingerprint density at radius 1 is 1.46 bits per heavy atom. The summed E-state index contributed by atoms with van der Waals surface area (Å²) in [6.07, 6.45) is 0.765. The van der Waals surface area contributed by atoms with Gasteiger partial charge in [0.05, 0.1) is 12.2 Å². The van der Waals surface area contributed by atoms with Crippen LogP contribution in [0.4, 0.5) is 0 Å². The third kappa shape index (κ3) is 6.99. The number of rotatable bonds is 7. The molecule has 0 aliphatic carbocycles. The van der Waals surface area contributed by atoms with Gasteiger partial charge in [-0.25, -0.2) is 0 Å². The fourth-order valence-electron chi connectivity index (χ4n) is 0.873. The lowest BCUT2D eigenvalue weighted by atomic mass is 10.0. The lowest BCUT2D eigenvalue weighted by Crippen LogP contribution is -2.42. The molecule has 0 aliphatic heterocycles. The highest BCUT2D eigenvalue weighted by Gasteiger charge is 2.17. The van der Waals surface area contributed by atoms with E-state index in [9.17, 15) is 5.11 Å². The molecule has 0 aromatic carbocycles. The number of hydrogen-bond acceptors (Lipinski definition) is 3. The first kappa shape index (κ1) is 12.9. The second-order valence-corrected chi connectivity index (χ2v) is 3.79. The average Bonchev–Trinajstić information content (AvgIpc) is 2.11. The highest BCUT2D eigenvalue weighted by atomic mass is 16.5. The summed E-state index contributed by atoms with van der Waals surface area (Å²) < 4.78 is 5.25. The zero-order chi connectivity index (χ0) is 10.3. The SMILES string of the molecule is CCOCC(C)NCC(C)(O)CC. The van der Waals surface area contributed by atoms with Crippen LogP contribution in [0.3, 0.4) is 0 Å². The molecule has 0 saturated heterocycles. The predicted octanol–water partition coefficient (Wildman–Crippen LogP) is 1.16. The molecule has 3 heteroatoms. The molecule has 0 heterocycles. The Bertz CT molecular complexity index is 126. The normalized spacial score (nSPS) is 18.2. The smallest absolute Gasteiger partial charge is 0.0741 e. The topological polar surface area (TPSA) is 41.5 Å². The quantitative estimate of drug-likeness (QED) is 0.631. The summed E-state index contributed by atoms with van der Waals surface area (Å²) >= 11 is 0. The van der Waals surface area contributed by atoms with Crippen molar-refractivity contribution in [2.24, 2.45) is 0 Å². The molecule has 0 aromatic heterocycles. The van der Waals surface area contributed by atoms with Crippen LogP contribution in [0.1, 0.15) is 34.1 Å². The highest BCUT2D eigenvalue weighted by Crippen LogP contribution is 2.06. The largest absolute Gasteiger partial charge is 0.389 e. The van der Waals surface area contributed by atoms with E-state index in [4.69, 9.17) is 4.74 Å². The summed E-state index contributed by atoms with van der Waals surface area (Å²) in [6.45, 7) is 9.93. The molecule has 2 atom stereocenters. The Kier molecular flexibility index (Phi) is 6.29. The first-order valence-corrected chi connectivity index (χ1v) is 5.05. The molecule has 0 radical (unpaired) electrons. The van der Waals surface area contributed by atoms with Crippen LogP contribution < -0.4 is 5.32 Å². The number of hydrogen-bond donors (Lipinski definition) is 2. The fourth-order valence-corrected chi connectivity index (χ4v) is 0.873. The second kappa shape index (κ2) is 6.35. The van der Waals surface area contributed by atoms with E-state index in [0.29, 0.717) is 19.2 Å². The summed E-state index contributed by atoms with van der Waals surface area (Å²) in [5.74, 6) is 0. The standard InChI is InChI=1S/C10H23NO2/c1-5-10(4,12)8-11-9(3)7-13-6-2/h9,11-12H,5-8H2,1-4H3. The van der Waals surface area contributed by atoms with Crippen LogP contribution in [0.2, 0.25) is 0 Å². The van der Waals surface area contributed by atoms with Gasteiger partial charge in [0, 0.05) is 19.2 Å². The van der Waals surface area contributed by atoms with E-state index in [-0.39, 0.29) is 0 Å². The number of nitrogens with one attached hydrogen (secondary N) is 1. The molecule has 0 fully saturated rings. The molecule has 0 aromatic rings. The van der Waals surface area contributed by atoms with E-state index in [2.05, 4.69) is 12.2 Å². The second-order valence-electron chi connectivity index (χ2n) is 3.79. The van der Waals surface area contributed by atoms with Gasteiger partial charge in [-0.2, -0.15) is 0 Å². The van der Waals surface area contributed by atoms with Crippen molar-refractivity contribution >= 4 is 0 Å². The highest BCUT2D eigenvalue weighted by molar-refractivity contribution is 4.75. The van der Waals surface area contributed by atoms with Crippen molar-refractivity contribution in [2.45, 2.75) is 45.8 Å². The van der Waals surface area contributed by atoms with Crippen LogP contribution in [-0.4, -0.2) is 36.5 Å². The molecule has 2 unspecified atom stereocenters. The number of aliphatic hydroxyl groups is 1. The van der Waals surface area contributed by atoms with Gasteiger partial charge in [0.15, 0.2) is 0 Å². The van der Waals surface area contributed by atoms with Gasteiger partial charge in [-0.1, -0.05) is 6.92 Å². The first-order valence-electron chi connectivity index (χ1n) is 5.05. The van der Waals surface area contributed by atoms with Gasteiger partial charge < -0.3 is 15.2 Å². The predicted molar refractivity (Wildman–Crippen MR) is 54.9 cm³/mol. The minimum Gasteiger partial charge on any atom is -0.389 e. The third-order valence-corrected chi connectivity index (χ3v) is 2.16. The minimum absolute atomic E-state index is 0.304. The maximum atomic E-state index is 9.69. The van der Waals surface area contributed by atoms with Crippen molar-refractivity contribution in [3.63, 3.8) is 0 Å². The van der Waals surface area contributed by atoms with E-state index >= 15 is 0 Å². The molecule has 2 N–H and O–H groups in total. The van der Waals surface area contributed by atoms with Gasteiger partial charge in [0.1, 0.15) is 0 Å². The molecule has 0 spiro atoms. The molecular formula is C10H23NO2. The van der Waals surface area contributed by atoms with E-state index < -0.39 is 5.60 Å². The van der Waals surface area contributed by atoms with Gasteiger partial charge >= 0.3 is 0 Å². The van der Waals surface area contributed by atoms with Crippen LogP contribution in [-0.2, 0) is 4.74 Å². The molecule has 0 rings (SSSR count). The van der Waals surface area contributed by atoms with Crippen molar-refractivity contribution in [3.05, 3.63) is 0 Å². The van der Waals surface area contributed by atoms with Gasteiger partial charge in [0.2, 0.25) is 0 Å². The van der Waals surface area contributed by atoms with Crippen LogP contribution in [0.25, 0.3) is 0 Å². The molecular weight excluding hydrogens is 166 g/mol. The van der Waals surface area contributed by atoms with Crippen molar-refractivity contribution < 1.29 is 9.84 Å². The summed E-state index contributed by atoms with van der Waals surface area (Å²) in [5, 5.41) is 12.9. The van der Waals surface area contributed by atoms with Gasteiger partial charge in [-0.3, -0.25) is 0 Å². The Labute approximate surface area is 81.5 Å². The Morgan fingerprint density at radius 3 is 2.54 bits per heavy atom. The fraction of sp³-hybridized carbons (Fsp3) is 1.00. The minimum atomic E-state index is -0.597. The van der Waals surface area contributed by atoms with Crippen molar-refractivity contribution in [2.75, 3.05) is 19.8 Å². The molecule has 80 valence electrons. The summed E-state index contributed by atoms with van der Waals surface area (Å²) in [5.41, 5.74) is -0.597. The lowest BCUT2D eigenvalue weighted by Gasteiger charge is -2.24. The monoisotopic (exact) mass is 189 g/mol. The lowest BCUT2D eigenvalue weighted by molar-refractivity contribution is 0.0470. The van der Waals surface area contributed by atoms with Crippen LogP contribution >= 0.6 is 0 Å². The number of ether oxygens (including phenoxy) is 1. The van der Waals surface area contributed by atoms with Gasteiger partial charge in [-0.05, 0) is 27.2 Å². The van der Waals surface area contributed by atoms with E-state index in [1.807, 2.05) is 20.8 Å². The maximum absolute atomic E-state index is 9.69. The molecule has 0 bridgehead atoms. The molecule has 0 aliphatic rings. The molecule has 0 amide bonds. The average molecular weight is 189 g/mol. The van der Waals surface area contributed by atoms with E-state index in [1.54, 1.807) is 0 Å². The Morgan fingerprint density at radius 2 is 2.08 bits per heavy atom. The first-order chi connectivity index (χ1) is 6.02. The molecule has 3 nitrogen and oxygen atoms in total. The van der Waals surface area contributed by atoms with E-state index in [0.717, 1.165) is 13.0 Å². The van der Waals surface area contributed by atoms with Crippen LogP contribution in [0, 0.1) is 0 Å². The Hall–Kier alpha value is -0.120. The summed E-state index contributed by atoms with van der Waals surface area (Å²) in [7, 11) is 0. The zero-order valence-corrected chi connectivity index (χ0v) is 9.26. The van der Waals surface area contributed by atoms with Crippen LogP contribution in [0.15, 0.2) is 0 Å². The molecule has 0 saturated carbocycles. The van der Waals surface area contributed by atoms with Crippen molar-refractivity contribution in [1.82, 2.24) is 5.32 Å². The van der Waals surface area contributed by atoms with Gasteiger partial charge in [-0.15, -0.1) is 0 Å².